The normalized spacial score (nSPS) is 16.0. The van der Waals surface area contributed by atoms with Crippen molar-refractivity contribution in [1.82, 2.24) is 14.7 Å². The van der Waals surface area contributed by atoms with Gasteiger partial charge in [-0.2, -0.15) is 0 Å². The molecule has 12 heteroatoms. The van der Waals surface area contributed by atoms with Crippen LogP contribution in [0, 0.1) is 0 Å². The molecule has 5 rings (SSSR count). The van der Waals surface area contributed by atoms with Crippen LogP contribution in [0.1, 0.15) is 26.3 Å². The lowest BCUT2D eigenvalue weighted by atomic mass is 9.94. The number of carbonyl (C=O) groups excluding carboxylic acids is 2. The minimum absolute atomic E-state index is 0. The maximum atomic E-state index is 13.2. The zero-order valence-electron chi connectivity index (χ0n) is 24.6. The lowest BCUT2D eigenvalue weighted by molar-refractivity contribution is -0.00100. The number of hydrogen-bond donors (Lipinski definition) is 1. The third-order valence-electron chi connectivity index (χ3n) is 7.73. The SMILES string of the molecule is COc1cc(COCC(O)CN2CCN(CCN3C(=O)c4cccc5cccc(c45)C3=O)CC2)cc(OC)c1OC.[Cl-].[Cl-]. The number of piperazine rings is 1. The molecule has 10 nitrogen and oxygen atoms in total. The molecule has 234 valence electrons. The van der Waals surface area contributed by atoms with E-state index in [2.05, 4.69) is 9.80 Å². The van der Waals surface area contributed by atoms with E-state index in [1.54, 1.807) is 33.5 Å². The smallest absolute Gasteiger partial charge is 0.261 e. The van der Waals surface area contributed by atoms with Gasteiger partial charge in [0.1, 0.15) is 0 Å². The Kier molecular flexibility index (Phi) is 12.4. The summed E-state index contributed by atoms with van der Waals surface area (Å²) in [7, 11) is 4.69. The monoisotopic (exact) mass is 633 g/mol. The molecule has 2 aliphatic rings. The zero-order chi connectivity index (χ0) is 28.9. The number of aliphatic hydroxyl groups is 1. The van der Waals surface area contributed by atoms with Gasteiger partial charge in [-0.05, 0) is 35.2 Å². The first-order chi connectivity index (χ1) is 19.9. The zero-order valence-corrected chi connectivity index (χ0v) is 26.1. The van der Waals surface area contributed by atoms with Crippen LogP contribution in [0.4, 0.5) is 0 Å². The summed E-state index contributed by atoms with van der Waals surface area (Å²) in [5.41, 5.74) is 2.03. The number of carbonyl (C=O) groups is 2. The number of β-amino-alcohol motifs (C(OH)–C–C–N with tert-alkyl or cyclic N) is 1. The molecule has 1 saturated heterocycles. The van der Waals surface area contributed by atoms with Crippen LogP contribution in [0.25, 0.3) is 10.8 Å². The van der Waals surface area contributed by atoms with Crippen molar-refractivity contribution >= 4 is 22.6 Å². The van der Waals surface area contributed by atoms with Gasteiger partial charge in [-0.3, -0.25) is 24.3 Å². The highest BCUT2D eigenvalue weighted by atomic mass is 35.5. The molecule has 0 spiro atoms. The van der Waals surface area contributed by atoms with Crippen LogP contribution in [0.5, 0.6) is 17.2 Å². The quantitative estimate of drug-likeness (QED) is 0.205. The van der Waals surface area contributed by atoms with Gasteiger partial charge in [-0.15, -0.1) is 0 Å². The number of amides is 2. The molecule has 0 aromatic heterocycles. The molecule has 0 radical (unpaired) electrons. The number of rotatable bonds is 12. The van der Waals surface area contributed by atoms with Gasteiger partial charge in [0.25, 0.3) is 11.8 Å². The second-order valence-electron chi connectivity index (χ2n) is 10.3. The van der Waals surface area contributed by atoms with Gasteiger partial charge in [0, 0.05) is 62.3 Å². The minimum atomic E-state index is -0.630. The van der Waals surface area contributed by atoms with Gasteiger partial charge in [0.2, 0.25) is 5.75 Å². The molecule has 3 aromatic rings. The van der Waals surface area contributed by atoms with Crippen molar-refractivity contribution in [3.63, 3.8) is 0 Å². The molecular weight excluding hydrogens is 597 g/mol. The molecule has 2 amide bonds. The van der Waals surface area contributed by atoms with E-state index in [1.165, 1.54) is 4.90 Å². The molecule has 0 aliphatic carbocycles. The van der Waals surface area contributed by atoms with E-state index in [9.17, 15) is 14.7 Å². The molecule has 1 atom stereocenters. The maximum Gasteiger partial charge on any atom is 0.261 e. The van der Waals surface area contributed by atoms with E-state index in [0.717, 1.165) is 42.5 Å². The predicted molar refractivity (Wildman–Crippen MR) is 154 cm³/mol. The molecule has 1 N–H and O–H groups in total. The number of methoxy groups -OCH3 is 3. The fourth-order valence-corrected chi connectivity index (χ4v) is 5.60. The Hall–Kier alpha value is -3.12. The summed E-state index contributed by atoms with van der Waals surface area (Å²) in [5.74, 6) is 1.18. The summed E-state index contributed by atoms with van der Waals surface area (Å²) in [6.07, 6.45) is -0.630. The Morgan fingerprint density at radius 2 is 1.35 bits per heavy atom. The highest BCUT2D eigenvalue weighted by Gasteiger charge is 2.33. The standard InChI is InChI=1S/C31H37N3O7.2ClH/c1-38-26-16-21(17-27(39-2)29(26)40-3)19-41-20-23(35)18-33-12-10-32(11-13-33)14-15-34-30(36)24-8-4-6-22-7-5-9-25(28(22)24)31(34)37;;/h4-9,16-17,23,35H,10-15,18-20H2,1-3H3;2*1H/p-2. The number of halogens is 2. The number of ether oxygens (including phenoxy) is 4. The Bertz CT molecular complexity index is 1340. The fourth-order valence-electron chi connectivity index (χ4n) is 5.60. The minimum Gasteiger partial charge on any atom is -1.00 e. The number of nitrogens with zero attached hydrogens (tertiary/aromatic N) is 3. The van der Waals surface area contributed by atoms with Crippen LogP contribution in [0.2, 0.25) is 0 Å². The Balaban J connectivity index is 0.00000253. The van der Waals surface area contributed by atoms with Crippen molar-refractivity contribution in [1.29, 1.82) is 0 Å². The van der Waals surface area contributed by atoms with E-state index in [-0.39, 0.29) is 43.2 Å². The second kappa shape index (κ2) is 15.6. The average molecular weight is 635 g/mol. The van der Waals surface area contributed by atoms with E-state index < -0.39 is 6.10 Å². The summed E-state index contributed by atoms with van der Waals surface area (Å²) >= 11 is 0. The molecule has 1 unspecified atom stereocenters. The molecule has 3 aromatic carbocycles. The molecule has 2 aliphatic heterocycles. The number of imide groups is 1. The number of benzene rings is 3. The Morgan fingerprint density at radius 1 is 0.791 bits per heavy atom. The van der Waals surface area contributed by atoms with E-state index in [0.29, 0.717) is 54.6 Å². The maximum absolute atomic E-state index is 13.2. The molecule has 0 saturated carbocycles. The third kappa shape index (κ3) is 7.52. The summed E-state index contributed by atoms with van der Waals surface area (Å²) in [4.78, 5) is 32.1. The molecular formula is C31H37Cl2N3O7-2. The van der Waals surface area contributed by atoms with Crippen molar-refractivity contribution in [3.8, 4) is 17.2 Å². The van der Waals surface area contributed by atoms with Crippen molar-refractivity contribution in [2.75, 3.05) is 73.7 Å². The van der Waals surface area contributed by atoms with Crippen LogP contribution >= 0.6 is 0 Å². The molecule has 2 heterocycles. The summed E-state index contributed by atoms with van der Waals surface area (Å²) in [6, 6.07) is 14.8. The van der Waals surface area contributed by atoms with Gasteiger partial charge >= 0.3 is 0 Å². The van der Waals surface area contributed by atoms with E-state index in [1.807, 2.05) is 36.4 Å². The van der Waals surface area contributed by atoms with Crippen LogP contribution in [-0.2, 0) is 11.3 Å². The van der Waals surface area contributed by atoms with E-state index in [4.69, 9.17) is 18.9 Å². The lowest BCUT2D eigenvalue weighted by Gasteiger charge is -2.36. The lowest BCUT2D eigenvalue weighted by Crippen LogP contribution is -3.00. The van der Waals surface area contributed by atoms with Crippen molar-refractivity contribution in [3.05, 3.63) is 65.2 Å². The van der Waals surface area contributed by atoms with Crippen LogP contribution in [0.3, 0.4) is 0 Å². The van der Waals surface area contributed by atoms with Crippen molar-refractivity contribution in [2.45, 2.75) is 12.7 Å². The summed E-state index contributed by atoms with van der Waals surface area (Å²) in [5, 5.41) is 12.2. The van der Waals surface area contributed by atoms with Gasteiger partial charge in [0.15, 0.2) is 11.5 Å². The number of aliphatic hydroxyl groups excluding tert-OH is 1. The first-order valence-electron chi connectivity index (χ1n) is 13.8. The van der Waals surface area contributed by atoms with Crippen molar-refractivity contribution < 1.29 is 58.5 Å². The molecule has 43 heavy (non-hydrogen) atoms. The number of hydrogen-bond acceptors (Lipinski definition) is 9. The first-order valence-corrected chi connectivity index (χ1v) is 13.8. The third-order valence-corrected chi connectivity index (χ3v) is 7.73. The average Bonchev–Trinajstić information content (AvgIpc) is 2.99. The highest BCUT2D eigenvalue weighted by molar-refractivity contribution is 6.25. The topological polar surface area (TPSA) is 101 Å². The van der Waals surface area contributed by atoms with Crippen molar-refractivity contribution in [2.24, 2.45) is 0 Å². The summed E-state index contributed by atoms with van der Waals surface area (Å²) < 4.78 is 21.9. The fraction of sp³-hybridized carbons (Fsp3) is 0.419. The van der Waals surface area contributed by atoms with Gasteiger partial charge < -0.3 is 48.9 Å². The second-order valence-corrected chi connectivity index (χ2v) is 10.3. The molecule has 0 bridgehead atoms. The van der Waals surface area contributed by atoms with Crippen LogP contribution in [0.15, 0.2) is 48.5 Å². The van der Waals surface area contributed by atoms with Crippen LogP contribution < -0.4 is 39.0 Å². The largest absolute Gasteiger partial charge is 1.00 e. The van der Waals surface area contributed by atoms with Gasteiger partial charge in [-0.1, -0.05) is 24.3 Å². The Labute approximate surface area is 264 Å². The predicted octanol–water partition coefficient (Wildman–Crippen LogP) is -3.34. The highest BCUT2D eigenvalue weighted by Crippen LogP contribution is 2.38. The molecule has 1 fully saturated rings. The van der Waals surface area contributed by atoms with Gasteiger partial charge in [-0.25, -0.2) is 0 Å². The van der Waals surface area contributed by atoms with Crippen LogP contribution in [-0.4, -0.2) is 111 Å². The van der Waals surface area contributed by atoms with Gasteiger partial charge in [0.05, 0.1) is 40.6 Å². The van der Waals surface area contributed by atoms with E-state index >= 15 is 0 Å². The first kappa shape index (κ1) is 34.4. The Morgan fingerprint density at radius 3 is 1.88 bits per heavy atom. The summed E-state index contributed by atoms with van der Waals surface area (Å²) in [6.45, 7) is 5.13.